The van der Waals surface area contributed by atoms with Gasteiger partial charge in [-0.2, -0.15) is 0 Å². The molecule has 3 fully saturated rings. The van der Waals surface area contributed by atoms with E-state index in [9.17, 15) is 0 Å². The molecule has 0 amide bonds. The van der Waals surface area contributed by atoms with Crippen molar-refractivity contribution in [1.82, 2.24) is 5.32 Å². The topological polar surface area (TPSA) is 58.2 Å². The molecule has 0 aliphatic carbocycles. The van der Waals surface area contributed by atoms with Gasteiger partial charge in [-0.3, -0.25) is 0 Å². The first-order valence-corrected chi connectivity index (χ1v) is 6.79. The van der Waals surface area contributed by atoms with E-state index in [1.165, 1.54) is 0 Å². The maximum atomic E-state index is 6.02. The number of fused-ring (bicyclic) bond motifs is 3. The lowest BCUT2D eigenvalue weighted by Crippen LogP contribution is -2.61. The largest absolute Gasteiger partial charge is 0.343 e. The van der Waals surface area contributed by atoms with Crippen LogP contribution in [0.1, 0.15) is 27.7 Å². The second-order valence-electron chi connectivity index (χ2n) is 6.33. The lowest BCUT2D eigenvalue weighted by atomic mass is 9.97. The zero-order valence-corrected chi connectivity index (χ0v) is 12.2. The minimum absolute atomic E-state index is 0.109. The predicted molar refractivity (Wildman–Crippen MR) is 66.5 cm³/mol. The maximum absolute atomic E-state index is 6.02. The van der Waals surface area contributed by atoms with Gasteiger partial charge in [0.05, 0.1) is 13.2 Å². The zero-order chi connectivity index (χ0) is 13.9. The van der Waals surface area contributed by atoms with E-state index in [-0.39, 0.29) is 18.3 Å². The minimum Gasteiger partial charge on any atom is -0.343 e. The van der Waals surface area contributed by atoms with E-state index in [1.807, 2.05) is 34.7 Å². The third kappa shape index (κ3) is 2.20. The van der Waals surface area contributed by atoms with Gasteiger partial charge < -0.3 is 29.0 Å². The monoisotopic (exact) mass is 273 g/mol. The van der Waals surface area contributed by atoms with Gasteiger partial charge in [0.1, 0.15) is 18.3 Å². The summed E-state index contributed by atoms with van der Waals surface area (Å²) in [5.41, 5.74) is 0. The van der Waals surface area contributed by atoms with E-state index >= 15 is 0 Å². The molecule has 3 aliphatic heterocycles. The molecule has 3 saturated heterocycles. The molecule has 6 nitrogen and oxygen atoms in total. The smallest absolute Gasteiger partial charge is 0.213 e. The zero-order valence-electron chi connectivity index (χ0n) is 12.2. The molecule has 110 valence electrons. The van der Waals surface area contributed by atoms with Gasteiger partial charge >= 0.3 is 0 Å². The molecule has 0 spiro atoms. The van der Waals surface area contributed by atoms with Crippen molar-refractivity contribution in [2.45, 2.75) is 63.4 Å². The average molecular weight is 273 g/mol. The molecule has 4 atom stereocenters. The summed E-state index contributed by atoms with van der Waals surface area (Å²) in [5, 5.41) is 3.11. The van der Waals surface area contributed by atoms with Crippen molar-refractivity contribution in [2.75, 3.05) is 20.2 Å². The summed E-state index contributed by atoms with van der Waals surface area (Å²) < 4.78 is 29.8. The Kier molecular flexibility index (Phi) is 2.98. The van der Waals surface area contributed by atoms with Gasteiger partial charge in [0.2, 0.25) is 5.79 Å². The minimum atomic E-state index is -0.802. The van der Waals surface area contributed by atoms with Crippen LogP contribution in [0.2, 0.25) is 0 Å². The highest BCUT2D eigenvalue weighted by Gasteiger charge is 2.64. The molecular formula is C13H23NO5. The Hall–Kier alpha value is -0.240. The molecule has 0 aromatic carbocycles. The molecular weight excluding hydrogens is 250 g/mol. The van der Waals surface area contributed by atoms with Gasteiger partial charge in [-0.1, -0.05) is 0 Å². The summed E-state index contributed by atoms with van der Waals surface area (Å²) in [5.74, 6) is -2.10. The maximum Gasteiger partial charge on any atom is 0.213 e. The second kappa shape index (κ2) is 4.13. The Bertz CT molecular complexity index is 372. The number of rotatable bonds is 2. The highest BCUT2D eigenvalue weighted by Crippen LogP contribution is 2.47. The van der Waals surface area contributed by atoms with Crippen LogP contribution in [0.5, 0.6) is 0 Å². The lowest BCUT2D eigenvalue weighted by molar-refractivity contribution is -0.277. The van der Waals surface area contributed by atoms with Crippen molar-refractivity contribution >= 4 is 0 Å². The highest BCUT2D eigenvalue weighted by molar-refractivity contribution is 5.03. The Morgan fingerprint density at radius 3 is 2.47 bits per heavy atom. The van der Waals surface area contributed by atoms with Crippen LogP contribution in [0, 0.1) is 0 Å². The standard InChI is InChI=1S/C13H23NO5/c1-11(2)16-8-6-15-13(7-14-5)10(9(8)17-11)18-12(3,4)19-13/h8-10,14H,6-7H2,1-5H3/t8-,9-,10+,13+/m1/s1. The van der Waals surface area contributed by atoms with Crippen LogP contribution >= 0.6 is 0 Å². The van der Waals surface area contributed by atoms with Gasteiger partial charge in [-0.25, -0.2) is 0 Å². The summed E-state index contributed by atoms with van der Waals surface area (Å²) >= 11 is 0. The molecule has 6 heteroatoms. The van der Waals surface area contributed by atoms with Crippen molar-refractivity contribution in [1.29, 1.82) is 0 Å². The van der Waals surface area contributed by atoms with E-state index in [0.717, 1.165) is 0 Å². The van der Waals surface area contributed by atoms with E-state index in [2.05, 4.69) is 5.32 Å². The SMILES string of the molecule is CNC[C@@]12OC[C@H]3OC(C)(C)O[C@H]3[C@@H]1OC(C)(C)O2. The third-order valence-electron chi connectivity index (χ3n) is 3.70. The molecule has 0 aromatic heterocycles. The summed E-state index contributed by atoms with van der Waals surface area (Å²) in [6.07, 6.45) is -0.572. The first kappa shape index (κ1) is 13.7. The van der Waals surface area contributed by atoms with E-state index in [1.54, 1.807) is 0 Å². The van der Waals surface area contributed by atoms with Crippen molar-refractivity contribution in [3.8, 4) is 0 Å². The van der Waals surface area contributed by atoms with E-state index in [0.29, 0.717) is 13.2 Å². The normalized spacial score (nSPS) is 46.9. The molecule has 0 aromatic rings. The van der Waals surface area contributed by atoms with E-state index in [4.69, 9.17) is 23.7 Å². The molecule has 19 heavy (non-hydrogen) atoms. The number of hydrogen-bond donors (Lipinski definition) is 1. The van der Waals surface area contributed by atoms with Gasteiger partial charge in [0.15, 0.2) is 11.6 Å². The predicted octanol–water partition coefficient (Wildman–Crippen LogP) is 0.604. The van der Waals surface area contributed by atoms with Gasteiger partial charge in [-0.05, 0) is 34.7 Å². The Morgan fingerprint density at radius 2 is 1.79 bits per heavy atom. The number of likely N-dealkylation sites (N-methyl/N-ethyl adjacent to an activating group) is 1. The molecule has 0 radical (unpaired) electrons. The van der Waals surface area contributed by atoms with Crippen LogP contribution in [0.4, 0.5) is 0 Å². The summed E-state index contributed by atoms with van der Waals surface area (Å²) in [4.78, 5) is 0. The Balaban J connectivity index is 1.89. The Labute approximate surface area is 113 Å². The van der Waals surface area contributed by atoms with Crippen LogP contribution in [0.15, 0.2) is 0 Å². The van der Waals surface area contributed by atoms with Crippen molar-refractivity contribution in [3.63, 3.8) is 0 Å². The quantitative estimate of drug-likeness (QED) is 0.795. The number of ether oxygens (including phenoxy) is 5. The van der Waals surface area contributed by atoms with Gasteiger partial charge in [0, 0.05) is 0 Å². The number of hydrogen-bond acceptors (Lipinski definition) is 6. The van der Waals surface area contributed by atoms with Crippen LogP contribution in [0.25, 0.3) is 0 Å². The fraction of sp³-hybridized carbons (Fsp3) is 1.00. The van der Waals surface area contributed by atoms with Crippen molar-refractivity contribution < 1.29 is 23.7 Å². The van der Waals surface area contributed by atoms with Gasteiger partial charge in [-0.15, -0.1) is 0 Å². The molecule has 3 heterocycles. The first-order valence-electron chi connectivity index (χ1n) is 6.79. The summed E-state index contributed by atoms with van der Waals surface area (Å²) in [6.45, 7) is 8.60. The second-order valence-corrected chi connectivity index (χ2v) is 6.33. The van der Waals surface area contributed by atoms with Crippen LogP contribution in [0.3, 0.4) is 0 Å². The fourth-order valence-corrected chi connectivity index (χ4v) is 3.23. The summed E-state index contributed by atoms with van der Waals surface area (Å²) in [6, 6.07) is 0. The fourth-order valence-electron chi connectivity index (χ4n) is 3.23. The van der Waals surface area contributed by atoms with Crippen molar-refractivity contribution in [2.24, 2.45) is 0 Å². The van der Waals surface area contributed by atoms with Gasteiger partial charge in [0.25, 0.3) is 0 Å². The molecule has 0 saturated carbocycles. The van der Waals surface area contributed by atoms with Crippen LogP contribution in [-0.2, 0) is 23.7 Å². The number of nitrogens with one attached hydrogen (secondary N) is 1. The first-order chi connectivity index (χ1) is 8.77. The highest BCUT2D eigenvalue weighted by atomic mass is 16.9. The molecule has 3 aliphatic rings. The lowest BCUT2D eigenvalue weighted by Gasteiger charge is -2.40. The Morgan fingerprint density at radius 1 is 1.05 bits per heavy atom. The van der Waals surface area contributed by atoms with E-state index < -0.39 is 17.4 Å². The molecule has 3 rings (SSSR count). The average Bonchev–Trinajstić information content (AvgIpc) is 2.71. The molecule has 1 N–H and O–H groups in total. The molecule has 0 unspecified atom stereocenters. The van der Waals surface area contributed by atoms with Crippen molar-refractivity contribution in [3.05, 3.63) is 0 Å². The summed E-state index contributed by atoms with van der Waals surface area (Å²) in [7, 11) is 1.87. The molecule has 0 bridgehead atoms. The van der Waals surface area contributed by atoms with Crippen LogP contribution in [-0.4, -0.2) is 55.9 Å². The van der Waals surface area contributed by atoms with Crippen LogP contribution < -0.4 is 5.32 Å². The third-order valence-corrected chi connectivity index (χ3v) is 3.70.